The summed E-state index contributed by atoms with van der Waals surface area (Å²) in [6.07, 6.45) is 7.36. The van der Waals surface area contributed by atoms with E-state index >= 15 is 0 Å². The molecule has 0 saturated heterocycles. The zero-order chi connectivity index (χ0) is 10.8. The largest absolute Gasteiger partial charge is 0.392 e. The van der Waals surface area contributed by atoms with Crippen LogP contribution in [0.2, 0.25) is 0 Å². The van der Waals surface area contributed by atoms with Crippen molar-refractivity contribution < 1.29 is 0 Å². The predicted octanol–water partition coefficient (Wildman–Crippen LogP) is 3.79. The van der Waals surface area contributed by atoms with Gasteiger partial charge in [0.25, 0.3) is 0 Å². The maximum Gasteiger partial charge on any atom is 0.00310 e. The molecular formula is C13H23N. The fourth-order valence-corrected chi connectivity index (χ4v) is 1.30. The lowest BCUT2D eigenvalue weighted by atomic mass is 10.1. The van der Waals surface area contributed by atoms with Crippen LogP contribution in [0.4, 0.5) is 0 Å². The molecule has 0 aromatic carbocycles. The Labute approximate surface area is 88.6 Å². The van der Waals surface area contributed by atoms with Gasteiger partial charge in [0.2, 0.25) is 0 Å². The first-order chi connectivity index (χ1) is 6.70. The van der Waals surface area contributed by atoms with E-state index < -0.39 is 0 Å². The number of unbranched alkanes of at least 4 members (excludes halogenated alkanes) is 3. The van der Waals surface area contributed by atoms with Crippen molar-refractivity contribution >= 4 is 0 Å². The number of rotatable bonds is 8. The molecule has 1 N–H and O–H groups in total. The molecule has 0 aromatic heterocycles. The van der Waals surface area contributed by atoms with Gasteiger partial charge in [-0.2, -0.15) is 0 Å². The normalized spacial score (nSPS) is 9.29. The van der Waals surface area contributed by atoms with Crippen molar-refractivity contribution in [1.29, 1.82) is 0 Å². The van der Waals surface area contributed by atoms with Crippen LogP contribution in [0.25, 0.3) is 0 Å². The Morgan fingerprint density at radius 2 is 1.71 bits per heavy atom. The summed E-state index contributed by atoms with van der Waals surface area (Å²) in [5, 5.41) is 3.07. The topological polar surface area (TPSA) is 12.0 Å². The molecule has 0 bridgehead atoms. The molecular weight excluding hydrogens is 170 g/mol. The van der Waals surface area contributed by atoms with Gasteiger partial charge in [0.1, 0.15) is 0 Å². The van der Waals surface area contributed by atoms with Crippen LogP contribution in [0.5, 0.6) is 0 Å². The lowest BCUT2D eigenvalue weighted by Gasteiger charge is -2.04. The van der Waals surface area contributed by atoms with Gasteiger partial charge < -0.3 is 5.32 Å². The van der Waals surface area contributed by atoms with E-state index in [4.69, 9.17) is 0 Å². The Hall–Kier alpha value is -0.940. The Kier molecular flexibility index (Phi) is 8.07. The number of hydrogen-bond donors (Lipinski definition) is 1. The van der Waals surface area contributed by atoms with Gasteiger partial charge in [0.05, 0.1) is 0 Å². The average molecular weight is 193 g/mol. The summed E-state index contributed by atoms with van der Waals surface area (Å²) < 4.78 is 0. The van der Waals surface area contributed by atoms with Gasteiger partial charge in [-0.3, -0.25) is 0 Å². The van der Waals surface area contributed by atoms with Gasteiger partial charge in [-0.25, -0.2) is 0 Å². The molecule has 0 atom stereocenters. The second kappa shape index (κ2) is 8.65. The quantitative estimate of drug-likeness (QED) is 0.457. The molecule has 80 valence electrons. The van der Waals surface area contributed by atoms with Crippen molar-refractivity contribution in [2.24, 2.45) is 0 Å². The number of hydrogen-bond acceptors (Lipinski definition) is 1. The molecule has 0 heterocycles. The minimum atomic E-state index is 1.10. The standard InChI is InChI=1S/C13H23N/c1-5-12(2)10-8-6-7-9-11-13(3)14-4/h14H,1,3,6-11H2,2,4H3. The SMILES string of the molecule is C=C=C(C)CCCCCCC(=C)NC. The molecule has 0 rings (SSSR count). The molecule has 0 aromatic rings. The van der Waals surface area contributed by atoms with Crippen LogP contribution in [-0.2, 0) is 0 Å². The fraction of sp³-hybridized carbons (Fsp3) is 0.615. The molecule has 0 spiro atoms. The van der Waals surface area contributed by atoms with Crippen molar-refractivity contribution in [2.45, 2.75) is 45.4 Å². The van der Waals surface area contributed by atoms with E-state index in [1.807, 2.05) is 7.05 Å². The lowest BCUT2D eigenvalue weighted by Crippen LogP contribution is -2.03. The summed E-state index contributed by atoms with van der Waals surface area (Å²) in [6.45, 7) is 9.62. The lowest BCUT2D eigenvalue weighted by molar-refractivity contribution is 0.628. The van der Waals surface area contributed by atoms with Crippen LogP contribution < -0.4 is 5.32 Å². The van der Waals surface area contributed by atoms with Gasteiger partial charge in [-0.15, -0.1) is 5.73 Å². The van der Waals surface area contributed by atoms with Crippen LogP contribution in [-0.4, -0.2) is 7.05 Å². The third kappa shape index (κ3) is 7.70. The van der Waals surface area contributed by atoms with E-state index in [1.54, 1.807) is 0 Å². The van der Waals surface area contributed by atoms with Crippen LogP contribution in [0, 0.1) is 0 Å². The molecule has 0 aliphatic heterocycles. The molecule has 1 nitrogen and oxygen atoms in total. The first kappa shape index (κ1) is 13.1. The maximum atomic E-state index is 3.90. The molecule has 0 saturated carbocycles. The second-order valence-corrected chi connectivity index (χ2v) is 3.72. The van der Waals surface area contributed by atoms with Gasteiger partial charge in [-0.1, -0.05) is 26.0 Å². The third-order valence-electron chi connectivity index (χ3n) is 2.44. The third-order valence-corrected chi connectivity index (χ3v) is 2.44. The summed E-state index contributed by atoms with van der Waals surface area (Å²) in [5.74, 6) is 0. The van der Waals surface area contributed by atoms with E-state index in [2.05, 4.69) is 31.1 Å². The molecule has 0 amide bonds. The van der Waals surface area contributed by atoms with Crippen LogP contribution in [0.1, 0.15) is 45.4 Å². The van der Waals surface area contributed by atoms with Crippen LogP contribution in [0.15, 0.2) is 30.2 Å². The van der Waals surface area contributed by atoms with Gasteiger partial charge in [0, 0.05) is 12.7 Å². The summed E-state index contributed by atoms with van der Waals surface area (Å²) in [6, 6.07) is 0. The van der Waals surface area contributed by atoms with Crippen molar-refractivity contribution in [1.82, 2.24) is 5.32 Å². The predicted molar refractivity (Wildman–Crippen MR) is 64.2 cm³/mol. The second-order valence-electron chi connectivity index (χ2n) is 3.72. The van der Waals surface area contributed by atoms with Crippen LogP contribution >= 0.6 is 0 Å². The van der Waals surface area contributed by atoms with E-state index in [0.29, 0.717) is 0 Å². The zero-order valence-electron chi connectivity index (χ0n) is 9.66. The molecule has 0 aliphatic rings. The first-order valence-electron chi connectivity index (χ1n) is 5.41. The van der Waals surface area contributed by atoms with Gasteiger partial charge in [0.15, 0.2) is 0 Å². The summed E-state index contributed by atoms with van der Waals surface area (Å²) in [5.41, 5.74) is 5.35. The maximum absolute atomic E-state index is 3.90. The van der Waals surface area contributed by atoms with Crippen molar-refractivity contribution in [2.75, 3.05) is 7.05 Å². The Bertz CT molecular complexity index is 209. The van der Waals surface area contributed by atoms with Crippen LogP contribution in [0.3, 0.4) is 0 Å². The fourth-order valence-electron chi connectivity index (χ4n) is 1.30. The zero-order valence-corrected chi connectivity index (χ0v) is 9.66. The van der Waals surface area contributed by atoms with E-state index in [0.717, 1.165) is 18.5 Å². The molecule has 0 radical (unpaired) electrons. The highest BCUT2D eigenvalue weighted by atomic mass is 14.8. The van der Waals surface area contributed by atoms with Crippen molar-refractivity contribution in [3.8, 4) is 0 Å². The molecule has 1 heteroatoms. The minimum Gasteiger partial charge on any atom is -0.392 e. The Morgan fingerprint density at radius 3 is 2.21 bits per heavy atom. The monoisotopic (exact) mass is 193 g/mol. The number of nitrogens with one attached hydrogen (secondary N) is 1. The molecule has 0 unspecified atom stereocenters. The van der Waals surface area contributed by atoms with E-state index in [9.17, 15) is 0 Å². The van der Waals surface area contributed by atoms with Crippen molar-refractivity contribution in [3.05, 3.63) is 30.2 Å². The summed E-state index contributed by atoms with van der Waals surface area (Å²) in [4.78, 5) is 0. The number of allylic oxidation sites excluding steroid dienone is 2. The average Bonchev–Trinajstić information content (AvgIpc) is 2.22. The highest BCUT2D eigenvalue weighted by molar-refractivity contribution is 4.93. The van der Waals surface area contributed by atoms with Gasteiger partial charge >= 0.3 is 0 Å². The Morgan fingerprint density at radius 1 is 1.14 bits per heavy atom. The molecule has 14 heavy (non-hydrogen) atoms. The van der Waals surface area contributed by atoms with E-state index in [1.165, 1.54) is 31.3 Å². The van der Waals surface area contributed by atoms with E-state index in [-0.39, 0.29) is 0 Å². The highest BCUT2D eigenvalue weighted by Crippen LogP contribution is 2.10. The molecule has 0 aliphatic carbocycles. The van der Waals surface area contributed by atoms with Crippen molar-refractivity contribution in [3.63, 3.8) is 0 Å². The molecule has 0 fully saturated rings. The summed E-state index contributed by atoms with van der Waals surface area (Å²) >= 11 is 0. The minimum absolute atomic E-state index is 1.10. The van der Waals surface area contributed by atoms with Gasteiger partial charge in [-0.05, 0) is 38.2 Å². The smallest absolute Gasteiger partial charge is 0.00310 e. The first-order valence-corrected chi connectivity index (χ1v) is 5.41. The Balaban J connectivity index is 3.22. The highest BCUT2D eigenvalue weighted by Gasteiger charge is 1.93. The summed E-state index contributed by atoms with van der Waals surface area (Å²) in [7, 11) is 1.93.